The molecule has 0 amide bonds. The van der Waals surface area contributed by atoms with E-state index in [0.29, 0.717) is 0 Å². The van der Waals surface area contributed by atoms with Crippen molar-refractivity contribution in [2.45, 2.75) is 18.5 Å². The summed E-state index contributed by atoms with van der Waals surface area (Å²) in [6.45, 7) is -2.22. The lowest BCUT2D eigenvalue weighted by Crippen LogP contribution is -2.33. The molecule has 102 valence electrons. The third-order valence-electron chi connectivity index (χ3n) is 2.15. The fraction of sp³-hybridized carbons (Fsp3) is 0.455. The Balaban J connectivity index is 2.48. The topological polar surface area (TPSA) is 29.5 Å². The van der Waals surface area contributed by atoms with Crippen LogP contribution in [-0.2, 0) is 4.74 Å². The number of aliphatic hydroxyl groups excluding tert-OH is 1. The lowest BCUT2D eigenvalue weighted by atomic mass is 10.1. The molecule has 0 saturated heterocycles. The summed E-state index contributed by atoms with van der Waals surface area (Å²) in [5.41, 5.74) is -0.141. The van der Waals surface area contributed by atoms with E-state index in [1.165, 1.54) is 18.2 Å². The molecule has 1 aromatic rings. The number of alkyl halides is 4. The molecule has 0 aliphatic rings. The minimum Gasteiger partial charge on any atom is -0.386 e. The van der Waals surface area contributed by atoms with Crippen LogP contribution in [0.25, 0.3) is 0 Å². The van der Waals surface area contributed by atoms with E-state index in [4.69, 9.17) is 0 Å². The van der Waals surface area contributed by atoms with Crippen molar-refractivity contribution in [1.82, 2.24) is 0 Å². The molecule has 7 heteroatoms. The zero-order valence-electron chi connectivity index (χ0n) is 9.12. The normalized spacial score (nSPS) is 13.9. The maximum atomic E-state index is 13.1. The molecule has 0 heterocycles. The monoisotopic (exact) mass is 270 g/mol. The van der Waals surface area contributed by atoms with Gasteiger partial charge in [0.2, 0.25) is 0 Å². The highest BCUT2D eigenvalue weighted by Gasteiger charge is 2.41. The van der Waals surface area contributed by atoms with Crippen LogP contribution in [0.2, 0.25) is 0 Å². The zero-order chi connectivity index (χ0) is 13.8. The largest absolute Gasteiger partial charge is 0.386 e. The van der Waals surface area contributed by atoms with Gasteiger partial charge in [-0.15, -0.1) is 0 Å². The molecule has 0 saturated carbocycles. The fourth-order valence-corrected chi connectivity index (χ4v) is 1.20. The second kappa shape index (κ2) is 6.10. The fourth-order valence-electron chi connectivity index (χ4n) is 1.20. The highest BCUT2D eigenvalue weighted by Crippen LogP contribution is 2.24. The SMILES string of the molecule is OC(COCC(F)(F)C(F)F)c1ccccc1F. The standard InChI is InChI=1S/C11H11F5O2/c12-8-4-2-1-3-7(8)9(17)5-18-6-11(15,16)10(13)14/h1-4,9-10,17H,5-6H2. The molecule has 0 aliphatic heterocycles. The summed E-state index contributed by atoms with van der Waals surface area (Å²) in [5, 5.41) is 9.44. The lowest BCUT2D eigenvalue weighted by molar-refractivity contribution is -0.170. The van der Waals surface area contributed by atoms with E-state index in [9.17, 15) is 27.1 Å². The number of hydrogen-bond donors (Lipinski definition) is 1. The second-order valence-corrected chi connectivity index (χ2v) is 3.61. The van der Waals surface area contributed by atoms with E-state index in [2.05, 4.69) is 4.74 Å². The smallest absolute Gasteiger partial charge is 0.330 e. The Morgan fingerprint density at radius 2 is 1.83 bits per heavy atom. The molecule has 0 spiro atoms. The zero-order valence-corrected chi connectivity index (χ0v) is 9.12. The van der Waals surface area contributed by atoms with Gasteiger partial charge >= 0.3 is 12.3 Å². The van der Waals surface area contributed by atoms with Crippen molar-refractivity contribution in [3.8, 4) is 0 Å². The summed E-state index contributed by atoms with van der Waals surface area (Å²) in [7, 11) is 0. The third kappa shape index (κ3) is 3.92. The van der Waals surface area contributed by atoms with Crippen molar-refractivity contribution in [1.29, 1.82) is 0 Å². The summed E-state index contributed by atoms with van der Waals surface area (Å²) in [5.74, 6) is -5.01. The van der Waals surface area contributed by atoms with Crippen LogP contribution in [-0.4, -0.2) is 30.7 Å². The average molecular weight is 270 g/mol. The molecule has 1 atom stereocenters. The van der Waals surface area contributed by atoms with Gasteiger partial charge in [0.25, 0.3) is 0 Å². The molecular formula is C11H11F5O2. The van der Waals surface area contributed by atoms with Crippen LogP contribution in [0.1, 0.15) is 11.7 Å². The first-order valence-corrected chi connectivity index (χ1v) is 5.01. The predicted molar refractivity (Wildman–Crippen MR) is 53.1 cm³/mol. The van der Waals surface area contributed by atoms with Gasteiger partial charge in [-0.25, -0.2) is 13.2 Å². The van der Waals surface area contributed by atoms with Gasteiger partial charge in [0.1, 0.15) is 18.5 Å². The van der Waals surface area contributed by atoms with E-state index < -0.39 is 37.5 Å². The first-order chi connectivity index (χ1) is 8.34. The molecule has 0 bridgehead atoms. The maximum Gasteiger partial charge on any atom is 0.330 e. The Morgan fingerprint density at radius 3 is 2.39 bits per heavy atom. The van der Waals surface area contributed by atoms with Crippen LogP contribution in [0.5, 0.6) is 0 Å². The first kappa shape index (κ1) is 14.8. The number of halogens is 5. The summed E-state index contributed by atoms with van der Waals surface area (Å²) in [4.78, 5) is 0. The van der Waals surface area contributed by atoms with Gasteiger partial charge in [-0.1, -0.05) is 18.2 Å². The minimum atomic E-state index is -4.28. The molecule has 18 heavy (non-hydrogen) atoms. The van der Waals surface area contributed by atoms with Crippen molar-refractivity contribution >= 4 is 0 Å². The van der Waals surface area contributed by atoms with Crippen LogP contribution in [0.3, 0.4) is 0 Å². The van der Waals surface area contributed by atoms with Crippen LogP contribution < -0.4 is 0 Å². The van der Waals surface area contributed by atoms with Crippen LogP contribution in [0, 0.1) is 5.82 Å². The van der Waals surface area contributed by atoms with Crippen molar-refractivity contribution in [3.05, 3.63) is 35.6 Å². The van der Waals surface area contributed by atoms with Gasteiger partial charge in [0.15, 0.2) is 0 Å². The molecule has 1 aromatic carbocycles. The van der Waals surface area contributed by atoms with Crippen LogP contribution >= 0.6 is 0 Å². The highest BCUT2D eigenvalue weighted by atomic mass is 19.3. The van der Waals surface area contributed by atoms with Crippen molar-refractivity contribution < 1.29 is 31.8 Å². The summed E-state index contributed by atoms with van der Waals surface area (Å²) >= 11 is 0. The van der Waals surface area contributed by atoms with Gasteiger partial charge in [-0.2, -0.15) is 8.78 Å². The molecule has 0 fully saturated rings. The van der Waals surface area contributed by atoms with E-state index in [0.717, 1.165) is 6.07 Å². The van der Waals surface area contributed by atoms with Crippen LogP contribution in [0.15, 0.2) is 24.3 Å². The average Bonchev–Trinajstić information content (AvgIpc) is 2.29. The molecule has 0 aliphatic carbocycles. The Hall–Kier alpha value is -1.21. The van der Waals surface area contributed by atoms with Gasteiger partial charge in [-0.3, -0.25) is 0 Å². The predicted octanol–water partition coefficient (Wildman–Crippen LogP) is 2.78. The van der Waals surface area contributed by atoms with E-state index in [-0.39, 0.29) is 5.56 Å². The second-order valence-electron chi connectivity index (χ2n) is 3.61. The van der Waals surface area contributed by atoms with Crippen molar-refractivity contribution in [3.63, 3.8) is 0 Å². The lowest BCUT2D eigenvalue weighted by Gasteiger charge is -2.17. The molecular weight excluding hydrogens is 259 g/mol. The van der Waals surface area contributed by atoms with Gasteiger partial charge in [0, 0.05) is 5.56 Å². The Kier molecular flexibility index (Phi) is 5.03. The summed E-state index contributed by atoms with van der Waals surface area (Å²) < 4.78 is 65.9. The van der Waals surface area contributed by atoms with E-state index >= 15 is 0 Å². The first-order valence-electron chi connectivity index (χ1n) is 5.01. The van der Waals surface area contributed by atoms with Crippen molar-refractivity contribution in [2.24, 2.45) is 0 Å². The van der Waals surface area contributed by atoms with Crippen molar-refractivity contribution in [2.75, 3.05) is 13.2 Å². The number of benzene rings is 1. The number of hydrogen-bond acceptors (Lipinski definition) is 2. The number of aliphatic hydroxyl groups is 1. The quantitative estimate of drug-likeness (QED) is 0.805. The van der Waals surface area contributed by atoms with Gasteiger partial charge in [0.05, 0.1) is 6.61 Å². The minimum absolute atomic E-state index is 0.141. The molecule has 0 radical (unpaired) electrons. The van der Waals surface area contributed by atoms with E-state index in [1.54, 1.807) is 0 Å². The van der Waals surface area contributed by atoms with E-state index in [1.807, 2.05) is 0 Å². The Morgan fingerprint density at radius 1 is 1.22 bits per heavy atom. The molecule has 1 unspecified atom stereocenters. The summed E-state index contributed by atoms with van der Waals surface area (Å²) in [6, 6.07) is 5.15. The van der Waals surface area contributed by atoms with Crippen LogP contribution in [0.4, 0.5) is 22.0 Å². The number of rotatable bonds is 6. The maximum absolute atomic E-state index is 13.1. The number of ether oxygens (including phenoxy) is 1. The Bertz CT molecular complexity index is 383. The van der Waals surface area contributed by atoms with Gasteiger partial charge in [-0.05, 0) is 6.07 Å². The molecule has 1 N–H and O–H groups in total. The molecule has 0 aromatic heterocycles. The molecule has 2 nitrogen and oxygen atoms in total. The third-order valence-corrected chi connectivity index (χ3v) is 2.15. The Labute approximate surface area is 100.0 Å². The molecule has 1 rings (SSSR count). The summed E-state index contributed by atoms with van der Waals surface area (Å²) in [6.07, 6.45) is -5.33. The highest BCUT2D eigenvalue weighted by molar-refractivity contribution is 5.19. The van der Waals surface area contributed by atoms with Gasteiger partial charge < -0.3 is 9.84 Å².